The predicted molar refractivity (Wildman–Crippen MR) is 125 cm³/mol. The Kier molecular flexibility index (Phi) is 5.50. The molecule has 0 unspecified atom stereocenters. The van der Waals surface area contributed by atoms with Gasteiger partial charge in [-0.15, -0.1) is 11.8 Å². The molecule has 2 aliphatic heterocycles. The number of hydrogen-bond donors (Lipinski definition) is 1. The molecule has 3 aromatic rings. The van der Waals surface area contributed by atoms with Gasteiger partial charge in [-0.25, -0.2) is 13.6 Å². The fourth-order valence-electron chi connectivity index (χ4n) is 4.27. The van der Waals surface area contributed by atoms with Crippen molar-refractivity contribution in [3.8, 4) is 0 Å². The van der Waals surface area contributed by atoms with Crippen molar-refractivity contribution in [3.05, 3.63) is 94.5 Å². The molecule has 0 bridgehead atoms. The molecule has 5 nitrogen and oxygen atoms in total. The van der Waals surface area contributed by atoms with Crippen LogP contribution >= 0.6 is 23.4 Å². The number of nitrogens with zero attached hydrogens (tertiary/aromatic N) is 2. The van der Waals surface area contributed by atoms with E-state index < -0.39 is 22.5 Å². The summed E-state index contributed by atoms with van der Waals surface area (Å²) in [4.78, 5) is 28.8. The van der Waals surface area contributed by atoms with Gasteiger partial charge >= 0.3 is 6.03 Å². The minimum absolute atomic E-state index is 0.0725. The molecule has 5 rings (SSSR count). The number of para-hydroxylation sites is 1. The minimum Gasteiger partial charge on any atom is -0.308 e. The zero-order valence-electron chi connectivity index (χ0n) is 17.2. The van der Waals surface area contributed by atoms with Crippen molar-refractivity contribution in [1.29, 1.82) is 0 Å². The van der Waals surface area contributed by atoms with Gasteiger partial charge in [0.15, 0.2) is 4.87 Å². The van der Waals surface area contributed by atoms with E-state index in [1.807, 2.05) is 12.1 Å². The van der Waals surface area contributed by atoms with Gasteiger partial charge in [0.05, 0.1) is 12.2 Å². The molecule has 3 aromatic carbocycles. The van der Waals surface area contributed by atoms with Crippen LogP contribution in [0.4, 0.5) is 25.0 Å². The van der Waals surface area contributed by atoms with E-state index in [0.29, 0.717) is 34.3 Å². The molecule has 1 spiro atoms. The summed E-state index contributed by atoms with van der Waals surface area (Å²) in [5.41, 5.74) is 2.02. The van der Waals surface area contributed by atoms with Crippen LogP contribution in [0, 0.1) is 11.6 Å². The van der Waals surface area contributed by atoms with Gasteiger partial charge < -0.3 is 10.2 Å². The summed E-state index contributed by atoms with van der Waals surface area (Å²) in [6.45, 7) is 0.291. The molecule has 2 aliphatic rings. The average molecular weight is 486 g/mol. The molecule has 1 atom stereocenters. The van der Waals surface area contributed by atoms with Crippen molar-refractivity contribution in [2.45, 2.75) is 11.4 Å². The van der Waals surface area contributed by atoms with Crippen LogP contribution in [-0.4, -0.2) is 29.1 Å². The van der Waals surface area contributed by atoms with Gasteiger partial charge in [-0.3, -0.25) is 9.69 Å². The number of thioether (sulfide) groups is 1. The Morgan fingerprint density at radius 2 is 1.85 bits per heavy atom. The molecular weight excluding hydrogens is 468 g/mol. The lowest BCUT2D eigenvalue weighted by Crippen LogP contribution is -2.51. The largest absolute Gasteiger partial charge is 0.323 e. The third kappa shape index (κ3) is 3.63. The molecule has 0 aliphatic carbocycles. The first-order valence-corrected chi connectivity index (χ1v) is 11.6. The molecular formula is C24H18ClF2N3O2S. The van der Waals surface area contributed by atoms with Gasteiger partial charge in [-0.1, -0.05) is 35.9 Å². The van der Waals surface area contributed by atoms with Crippen LogP contribution in [0.2, 0.25) is 5.02 Å². The summed E-state index contributed by atoms with van der Waals surface area (Å²) < 4.78 is 27.8. The van der Waals surface area contributed by atoms with E-state index in [1.165, 1.54) is 27.6 Å². The van der Waals surface area contributed by atoms with E-state index >= 15 is 0 Å². The summed E-state index contributed by atoms with van der Waals surface area (Å²) >= 11 is 7.30. The molecule has 168 valence electrons. The third-order valence-corrected chi connectivity index (χ3v) is 7.46. The standard InChI is InChI=1S/C24H18ClF2N3O2S/c25-16-6-9-18(10-7-16)28-23(32)30-11-12-33-24(30)19-3-1-2-4-21(19)29(22(24)31)14-15-5-8-17(26)13-20(15)27/h1-10,13H,11-12,14H2,(H,28,32)/t24-/m1/s1. The van der Waals surface area contributed by atoms with E-state index in [4.69, 9.17) is 11.6 Å². The monoisotopic (exact) mass is 485 g/mol. The summed E-state index contributed by atoms with van der Waals surface area (Å²) in [7, 11) is 0. The van der Waals surface area contributed by atoms with E-state index in [2.05, 4.69) is 5.32 Å². The molecule has 0 radical (unpaired) electrons. The number of halogens is 3. The van der Waals surface area contributed by atoms with Crippen LogP contribution < -0.4 is 10.2 Å². The highest BCUT2D eigenvalue weighted by atomic mass is 35.5. The number of carbonyl (C=O) groups excluding carboxylic acids is 2. The Morgan fingerprint density at radius 1 is 1.09 bits per heavy atom. The first kappa shape index (κ1) is 21.7. The van der Waals surface area contributed by atoms with Gasteiger partial charge in [-0.05, 0) is 36.4 Å². The highest BCUT2D eigenvalue weighted by molar-refractivity contribution is 8.01. The Labute approximate surface area is 198 Å². The van der Waals surface area contributed by atoms with Gasteiger partial charge in [0.2, 0.25) is 0 Å². The van der Waals surface area contributed by atoms with Crippen molar-refractivity contribution in [1.82, 2.24) is 4.90 Å². The number of fused-ring (bicyclic) bond motifs is 2. The average Bonchev–Trinajstić information content (AvgIpc) is 3.34. The molecule has 3 amide bonds. The fourth-order valence-corrected chi connectivity index (χ4v) is 5.86. The Morgan fingerprint density at radius 3 is 2.61 bits per heavy atom. The topological polar surface area (TPSA) is 52.7 Å². The van der Waals surface area contributed by atoms with Crippen LogP contribution in [0.1, 0.15) is 11.1 Å². The Hall–Kier alpha value is -3.10. The fraction of sp³-hybridized carbons (Fsp3) is 0.167. The van der Waals surface area contributed by atoms with Crippen molar-refractivity contribution in [3.63, 3.8) is 0 Å². The lowest BCUT2D eigenvalue weighted by Gasteiger charge is -2.33. The quantitative estimate of drug-likeness (QED) is 0.525. The molecule has 0 saturated carbocycles. The first-order valence-electron chi connectivity index (χ1n) is 10.2. The van der Waals surface area contributed by atoms with E-state index in [-0.39, 0.29) is 18.0 Å². The van der Waals surface area contributed by atoms with Gasteiger partial charge in [-0.2, -0.15) is 0 Å². The molecule has 1 N–H and O–H groups in total. The Balaban J connectivity index is 1.50. The molecule has 1 saturated heterocycles. The zero-order valence-corrected chi connectivity index (χ0v) is 18.8. The van der Waals surface area contributed by atoms with E-state index in [9.17, 15) is 18.4 Å². The number of amides is 3. The minimum atomic E-state index is -1.26. The van der Waals surface area contributed by atoms with Crippen LogP contribution in [-0.2, 0) is 16.2 Å². The predicted octanol–water partition coefficient (Wildman–Crippen LogP) is 5.60. The normalized spacial score (nSPS) is 19.3. The maximum Gasteiger partial charge on any atom is 0.323 e. The van der Waals surface area contributed by atoms with Gasteiger partial charge in [0, 0.05) is 40.2 Å². The van der Waals surface area contributed by atoms with Crippen molar-refractivity contribution >= 4 is 46.7 Å². The smallest absolute Gasteiger partial charge is 0.308 e. The number of nitrogens with one attached hydrogen (secondary N) is 1. The number of hydrogen-bond acceptors (Lipinski definition) is 3. The number of anilines is 2. The second kappa shape index (κ2) is 8.35. The second-order valence-electron chi connectivity index (χ2n) is 7.73. The van der Waals surface area contributed by atoms with Crippen LogP contribution in [0.15, 0.2) is 66.7 Å². The molecule has 1 fully saturated rings. The maximum atomic E-state index is 14.4. The summed E-state index contributed by atoms with van der Waals surface area (Å²) in [5, 5.41) is 3.38. The first-order chi connectivity index (χ1) is 15.9. The van der Waals surface area contributed by atoms with Crippen LogP contribution in [0.5, 0.6) is 0 Å². The number of rotatable bonds is 3. The molecule has 2 heterocycles. The second-order valence-corrected chi connectivity index (χ2v) is 9.45. The highest BCUT2D eigenvalue weighted by Crippen LogP contribution is 2.54. The summed E-state index contributed by atoms with van der Waals surface area (Å²) in [6.07, 6.45) is 0. The SMILES string of the molecule is O=C(Nc1ccc(Cl)cc1)N1CCS[C@]12C(=O)N(Cc1ccc(F)cc1F)c1ccccc12. The lowest BCUT2D eigenvalue weighted by atomic mass is 10.1. The van der Waals surface area contributed by atoms with Crippen molar-refractivity contribution in [2.75, 3.05) is 22.5 Å². The molecule has 0 aromatic heterocycles. The number of urea groups is 1. The van der Waals surface area contributed by atoms with Gasteiger partial charge in [0.25, 0.3) is 5.91 Å². The summed E-state index contributed by atoms with van der Waals surface area (Å²) in [6, 6.07) is 16.8. The molecule has 33 heavy (non-hydrogen) atoms. The van der Waals surface area contributed by atoms with Gasteiger partial charge in [0.1, 0.15) is 11.6 Å². The number of benzene rings is 3. The molecule has 9 heteroatoms. The maximum absolute atomic E-state index is 14.4. The van der Waals surface area contributed by atoms with Crippen LogP contribution in [0.25, 0.3) is 0 Å². The van der Waals surface area contributed by atoms with Crippen molar-refractivity contribution < 1.29 is 18.4 Å². The van der Waals surface area contributed by atoms with Crippen molar-refractivity contribution in [2.24, 2.45) is 0 Å². The van der Waals surface area contributed by atoms with E-state index in [1.54, 1.807) is 36.4 Å². The Bertz CT molecular complexity index is 1260. The summed E-state index contributed by atoms with van der Waals surface area (Å²) in [5.74, 6) is -1.18. The van der Waals surface area contributed by atoms with E-state index in [0.717, 1.165) is 12.1 Å². The highest BCUT2D eigenvalue weighted by Gasteiger charge is 2.59. The third-order valence-electron chi connectivity index (χ3n) is 5.79. The lowest BCUT2D eigenvalue weighted by molar-refractivity contribution is -0.123. The zero-order chi connectivity index (χ0) is 23.2. The number of carbonyl (C=O) groups is 2. The van der Waals surface area contributed by atoms with Crippen LogP contribution in [0.3, 0.4) is 0 Å².